The summed E-state index contributed by atoms with van der Waals surface area (Å²) >= 11 is 0. The Morgan fingerprint density at radius 3 is 2.37 bits per heavy atom. The molecule has 0 aliphatic heterocycles. The number of aryl methyl sites for hydroxylation is 1. The quantitative estimate of drug-likeness (QED) is 0.845. The summed E-state index contributed by atoms with van der Waals surface area (Å²) in [7, 11) is 0. The van der Waals surface area contributed by atoms with E-state index in [-0.39, 0.29) is 5.92 Å². The molecule has 1 aromatic carbocycles. The highest BCUT2D eigenvalue weighted by atomic mass is 16.3. The average molecular weight is 260 g/mol. The van der Waals surface area contributed by atoms with E-state index < -0.39 is 12.2 Å². The van der Waals surface area contributed by atoms with E-state index in [2.05, 4.69) is 0 Å². The molecular formula is C16H20O3. The van der Waals surface area contributed by atoms with Gasteiger partial charge in [0.25, 0.3) is 0 Å². The van der Waals surface area contributed by atoms with Gasteiger partial charge in [0.15, 0.2) is 0 Å². The van der Waals surface area contributed by atoms with Crippen LogP contribution >= 0.6 is 0 Å². The molecule has 0 saturated heterocycles. The van der Waals surface area contributed by atoms with Crippen molar-refractivity contribution in [1.82, 2.24) is 0 Å². The van der Waals surface area contributed by atoms with Crippen LogP contribution in [0.3, 0.4) is 0 Å². The molecule has 2 N–H and O–H groups in total. The smallest absolute Gasteiger partial charge is 0.133 e. The second kappa shape index (κ2) is 5.06. The molecule has 4 atom stereocenters. The van der Waals surface area contributed by atoms with Crippen LogP contribution in [-0.2, 0) is 11.2 Å². The van der Waals surface area contributed by atoms with Crippen molar-refractivity contribution in [2.75, 3.05) is 0 Å². The van der Waals surface area contributed by atoms with Crippen molar-refractivity contribution < 1.29 is 15.0 Å². The Bertz CT molecular complexity index is 442. The lowest BCUT2D eigenvalue weighted by Crippen LogP contribution is -2.30. The van der Waals surface area contributed by atoms with Crippen LogP contribution in [0.15, 0.2) is 30.3 Å². The van der Waals surface area contributed by atoms with Crippen molar-refractivity contribution in [2.24, 2.45) is 17.8 Å². The van der Waals surface area contributed by atoms with Crippen LogP contribution < -0.4 is 0 Å². The number of fused-ring (bicyclic) bond motifs is 1. The summed E-state index contributed by atoms with van der Waals surface area (Å²) < 4.78 is 0. The molecule has 2 aliphatic carbocycles. The maximum atomic E-state index is 11.2. The Hall–Kier alpha value is -1.19. The standard InChI is InChI=1S/C16H20O3/c17-11-8-12-13(9-11)15(12)16(19)14(18)7-6-10-4-2-1-3-5-10/h1-5,12-16,18-19H,6-9H2. The minimum Gasteiger partial charge on any atom is -0.390 e. The third-order valence-corrected chi connectivity index (χ3v) is 4.68. The topological polar surface area (TPSA) is 57.5 Å². The van der Waals surface area contributed by atoms with Crippen molar-refractivity contribution in [1.29, 1.82) is 0 Å². The minimum atomic E-state index is -0.675. The molecule has 2 saturated carbocycles. The van der Waals surface area contributed by atoms with Crippen molar-refractivity contribution in [2.45, 2.75) is 37.9 Å². The number of carbonyl (C=O) groups excluding carboxylic acids is 1. The SMILES string of the molecule is O=C1CC2C(C1)C2C(O)C(O)CCc1ccccc1. The van der Waals surface area contributed by atoms with E-state index in [1.54, 1.807) is 0 Å². The number of aliphatic hydroxyl groups excluding tert-OH is 2. The van der Waals surface area contributed by atoms with E-state index in [1.807, 2.05) is 30.3 Å². The fourth-order valence-corrected chi connectivity index (χ4v) is 3.55. The molecule has 0 radical (unpaired) electrons. The van der Waals surface area contributed by atoms with Gasteiger partial charge in [-0.25, -0.2) is 0 Å². The number of hydrogen-bond donors (Lipinski definition) is 2. The van der Waals surface area contributed by atoms with Crippen LogP contribution in [-0.4, -0.2) is 28.2 Å². The van der Waals surface area contributed by atoms with Crippen molar-refractivity contribution in [3.63, 3.8) is 0 Å². The first-order valence-electron chi connectivity index (χ1n) is 7.08. The Morgan fingerprint density at radius 2 is 1.74 bits per heavy atom. The first-order valence-corrected chi connectivity index (χ1v) is 7.08. The van der Waals surface area contributed by atoms with Gasteiger partial charge in [0.1, 0.15) is 5.78 Å². The molecule has 3 rings (SSSR count). The summed E-state index contributed by atoms with van der Waals surface area (Å²) in [4.78, 5) is 11.2. The lowest BCUT2D eigenvalue weighted by molar-refractivity contribution is -0.118. The largest absolute Gasteiger partial charge is 0.390 e. The molecule has 0 spiro atoms. The highest BCUT2D eigenvalue weighted by Gasteiger charge is 2.59. The minimum absolute atomic E-state index is 0.156. The van der Waals surface area contributed by atoms with E-state index in [4.69, 9.17) is 0 Å². The Labute approximate surface area is 113 Å². The molecule has 2 aliphatic rings. The van der Waals surface area contributed by atoms with Gasteiger partial charge in [0.05, 0.1) is 12.2 Å². The second-order valence-corrected chi connectivity index (χ2v) is 5.93. The summed E-state index contributed by atoms with van der Waals surface area (Å²) in [5.41, 5.74) is 1.18. The van der Waals surface area contributed by atoms with Gasteiger partial charge in [0.2, 0.25) is 0 Å². The van der Waals surface area contributed by atoms with Gasteiger partial charge < -0.3 is 10.2 Å². The molecule has 3 heteroatoms. The molecule has 3 nitrogen and oxygen atoms in total. The van der Waals surface area contributed by atoms with E-state index in [9.17, 15) is 15.0 Å². The zero-order valence-corrected chi connectivity index (χ0v) is 10.9. The summed E-state index contributed by atoms with van der Waals surface area (Å²) in [5.74, 6) is 1.16. The van der Waals surface area contributed by atoms with Crippen LogP contribution in [0.4, 0.5) is 0 Å². The van der Waals surface area contributed by atoms with Gasteiger partial charge in [0, 0.05) is 12.8 Å². The molecule has 102 valence electrons. The zero-order valence-electron chi connectivity index (χ0n) is 10.9. The van der Waals surface area contributed by atoms with Crippen LogP contribution in [0.1, 0.15) is 24.8 Å². The fourth-order valence-electron chi connectivity index (χ4n) is 3.55. The predicted octanol–water partition coefficient (Wildman–Crippen LogP) is 1.57. The van der Waals surface area contributed by atoms with E-state index in [1.165, 1.54) is 5.56 Å². The first kappa shape index (κ1) is 12.8. The van der Waals surface area contributed by atoms with E-state index in [0.717, 1.165) is 6.42 Å². The van der Waals surface area contributed by atoms with E-state index >= 15 is 0 Å². The molecule has 0 aromatic heterocycles. The van der Waals surface area contributed by atoms with Crippen LogP contribution in [0.5, 0.6) is 0 Å². The van der Waals surface area contributed by atoms with Crippen molar-refractivity contribution >= 4 is 5.78 Å². The number of aliphatic hydroxyl groups is 2. The average Bonchev–Trinajstić information content (AvgIpc) is 2.93. The first-order chi connectivity index (χ1) is 9.16. The Kier molecular flexibility index (Phi) is 3.42. The van der Waals surface area contributed by atoms with Crippen LogP contribution in [0.25, 0.3) is 0 Å². The highest BCUT2D eigenvalue weighted by molar-refractivity contribution is 5.83. The number of rotatable bonds is 5. The summed E-state index contributed by atoms with van der Waals surface area (Å²) in [5, 5.41) is 20.2. The summed E-state index contributed by atoms with van der Waals surface area (Å²) in [6.45, 7) is 0. The molecular weight excluding hydrogens is 240 g/mol. The molecule has 1 aromatic rings. The van der Waals surface area contributed by atoms with Crippen LogP contribution in [0.2, 0.25) is 0 Å². The normalized spacial score (nSPS) is 31.9. The van der Waals surface area contributed by atoms with Crippen LogP contribution in [0, 0.1) is 17.8 Å². The number of carbonyl (C=O) groups is 1. The fraction of sp³-hybridized carbons (Fsp3) is 0.562. The number of Topliss-reactive ketones (excluding diaryl/α,β-unsaturated/α-hetero) is 1. The third-order valence-electron chi connectivity index (χ3n) is 4.68. The van der Waals surface area contributed by atoms with Gasteiger partial charge >= 0.3 is 0 Å². The van der Waals surface area contributed by atoms with Gasteiger partial charge in [-0.3, -0.25) is 4.79 Å². The Balaban J connectivity index is 1.49. The molecule has 0 bridgehead atoms. The second-order valence-electron chi connectivity index (χ2n) is 5.93. The number of hydrogen-bond acceptors (Lipinski definition) is 3. The van der Waals surface area contributed by atoms with Crippen molar-refractivity contribution in [3.8, 4) is 0 Å². The number of benzene rings is 1. The summed E-state index contributed by atoms with van der Waals surface area (Å²) in [6.07, 6.45) is 1.24. The monoisotopic (exact) mass is 260 g/mol. The van der Waals surface area contributed by atoms with Crippen molar-refractivity contribution in [3.05, 3.63) is 35.9 Å². The van der Waals surface area contributed by atoms with Gasteiger partial charge in [-0.05, 0) is 36.2 Å². The lowest BCUT2D eigenvalue weighted by atomic mass is 9.97. The molecule has 0 heterocycles. The molecule has 2 fully saturated rings. The maximum absolute atomic E-state index is 11.2. The van der Waals surface area contributed by atoms with Gasteiger partial charge in [-0.1, -0.05) is 30.3 Å². The van der Waals surface area contributed by atoms with E-state index in [0.29, 0.717) is 36.9 Å². The Morgan fingerprint density at radius 1 is 1.11 bits per heavy atom. The highest BCUT2D eigenvalue weighted by Crippen LogP contribution is 2.58. The third kappa shape index (κ3) is 2.58. The molecule has 19 heavy (non-hydrogen) atoms. The number of ketones is 1. The summed E-state index contributed by atoms with van der Waals surface area (Å²) in [6, 6.07) is 9.99. The maximum Gasteiger partial charge on any atom is 0.133 e. The van der Waals surface area contributed by atoms with Gasteiger partial charge in [-0.2, -0.15) is 0 Å². The molecule has 4 unspecified atom stereocenters. The predicted molar refractivity (Wildman–Crippen MR) is 71.5 cm³/mol. The zero-order chi connectivity index (χ0) is 13.4. The molecule has 0 amide bonds. The lowest BCUT2D eigenvalue weighted by Gasteiger charge is -2.19. The van der Waals surface area contributed by atoms with Gasteiger partial charge in [-0.15, -0.1) is 0 Å².